The Bertz CT molecular complexity index is 945. The molecule has 0 amide bonds. The molecule has 4 rings (SSSR count). The number of hydrogen-bond donors (Lipinski definition) is 1. The third kappa shape index (κ3) is 4.49. The summed E-state index contributed by atoms with van der Waals surface area (Å²) < 4.78 is 0. The summed E-state index contributed by atoms with van der Waals surface area (Å²) in [5.41, 5.74) is 7.07. The molecular formula is C26H30N2O2. The normalized spacial score (nSPS) is 18.5. The Labute approximate surface area is 179 Å². The van der Waals surface area contributed by atoms with Crippen LogP contribution in [0.25, 0.3) is 5.70 Å². The second-order valence-electron chi connectivity index (χ2n) is 9.24. The highest BCUT2D eigenvalue weighted by Gasteiger charge is 2.38. The van der Waals surface area contributed by atoms with E-state index < -0.39 is 0 Å². The first kappa shape index (κ1) is 20.4. The lowest BCUT2D eigenvalue weighted by atomic mass is 9.86. The van der Waals surface area contributed by atoms with E-state index in [1.54, 1.807) is 6.08 Å². The maximum Gasteiger partial charge on any atom is 0.187 e. The van der Waals surface area contributed by atoms with Gasteiger partial charge in [0.05, 0.1) is 5.70 Å². The highest BCUT2D eigenvalue weighted by Crippen LogP contribution is 2.34. The summed E-state index contributed by atoms with van der Waals surface area (Å²) in [5.74, 6) is 0.0424. The minimum Gasteiger partial charge on any atom is -0.377 e. The molecule has 0 aromatic heterocycles. The summed E-state index contributed by atoms with van der Waals surface area (Å²) in [5, 5.41) is 0. The highest BCUT2D eigenvalue weighted by atomic mass is 16.7. The molecule has 1 saturated heterocycles. The van der Waals surface area contributed by atoms with E-state index in [0.29, 0.717) is 0 Å². The van der Waals surface area contributed by atoms with Crippen LogP contribution in [0.1, 0.15) is 55.1 Å². The number of hydroxylamine groups is 1. The molecule has 4 heteroatoms. The number of ketones is 1. The predicted molar refractivity (Wildman–Crippen MR) is 121 cm³/mol. The predicted octanol–water partition coefficient (Wildman–Crippen LogP) is 5.09. The molecular weight excluding hydrogens is 372 g/mol. The van der Waals surface area contributed by atoms with Crippen molar-refractivity contribution in [3.63, 3.8) is 0 Å². The average Bonchev–Trinajstić information content (AvgIpc) is 3.17. The van der Waals surface area contributed by atoms with E-state index in [1.165, 1.54) is 5.56 Å². The molecule has 30 heavy (non-hydrogen) atoms. The van der Waals surface area contributed by atoms with Gasteiger partial charge in [0.1, 0.15) is 5.60 Å². The van der Waals surface area contributed by atoms with E-state index in [-0.39, 0.29) is 16.8 Å². The van der Waals surface area contributed by atoms with Gasteiger partial charge in [0, 0.05) is 43.8 Å². The molecule has 0 radical (unpaired) electrons. The van der Waals surface area contributed by atoms with Crippen molar-refractivity contribution in [2.24, 2.45) is 0 Å². The van der Waals surface area contributed by atoms with Gasteiger partial charge in [0.15, 0.2) is 5.78 Å². The van der Waals surface area contributed by atoms with Gasteiger partial charge in [-0.2, -0.15) is 0 Å². The van der Waals surface area contributed by atoms with Crippen molar-refractivity contribution >= 4 is 11.5 Å². The number of carbonyl (C=O) groups excluding carboxylic acids is 1. The highest BCUT2D eigenvalue weighted by molar-refractivity contribution is 6.04. The first-order valence-corrected chi connectivity index (χ1v) is 10.6. The van der Waals surface area contributed by atoms with Crippen LogP contribution in [0.2, 0.25) is 0 Å². The van der Waals surface area contributed by atoms with Crippen molar-refractivity contribution < 1.29 is 9.63 Å². The van der Waals surface area contributed by atoms with Crippen molar-refractivity contribution in [2.45, 2.75) is 44.6 Å². The van der Waals surface area contributed by atoms with Gasteiger partial charge in [0.2, 0.25) is 0 Å². The van der Waals surface area contributed by atoms with Gasteiger partial charge in [0.25, 0.3) is 0 Å². The standard InChI is InChI=1S/C26H30N2O2/c1-25(2,3)22-11-9-21(10-12-22)24(29)13-16-28-17-14-26(15-18-28)19-23(27-30-26)20-7-5-4-6-8-20/h4-13,16,19,27H,14-15,17-18H2,1-3H3. The average molecular weight is 403 g/mol. The van der Waals surface area contributed by atoms with Gasteiger partial charge in [-0.25, -0.2) is 0 Å². The summed E-state index contributed by atoms with van der Waals surface area (Å²) in [6, 6.07) is 18.2. The lowest BCUT2D eigenvalue weighted by Crippen LogP contribution is -2.42. The maximum absolute atomic E-state index is 12.5. The number of nitrogens with one attached hydrogen (secondary N) is 1. The Morgan fingerprint density at radius 2 is 1.70 bits per heavy atom. The molecule has 0 saturated carbocycles. The number of likely N-dealkylation sites (tertiary alicyclic amines) is 1. The summed E-state index contributed by atoms with van der Waals surface area (Å²) >= 11 is 0. The molecule has 2 aliphatic heterocycles. The molecule has 0 atom stereocenters. The van der Waals surface area contributed by atoms with Gasteiger partial charge < -0.3 is 4.90 Å². The third-order valence-electron chi connectivity index (χ3n) is 5.97. The van der Waals surface area contributed by atoms with Crippen LogP contribution in [0.3, 0.4) is 0 Å². The molecule has 0 aliphatic carbocycles. The van der Waals surface area contributed by atoms with Crippen LogP contribution in [0, 0.1) is 0 Å². The van der Waals surface area contributed by atoms with E-state index in [4.69, 9.17) is 4.84 Å². The van der Waals surface area contributed by atoms with Crippen LogP contribution in [0.4, 0.5) is 0 Å². The zero-order valence-electron chi connectivity index (χ0n) is 18.0. The molecule has 0 unspecified atom stereocenters. The summed E-state index contributed by atoms with van der Waals surface area (Å²) in [7, 11) is 0. The largest absolute Gasteiger partial charge is 0.377 e. The molecule has 0 bridgehead atoms. The SMILES string of the molecule is CC(C)(C)c1ccc(C(=O)C=CN2CCC3(C=C(c4ccccc4)NO3)CC2)cc1. The Kier molecular flexibility index (Phi) is 5.52. The quantitative estimate of drug-likeness (QED) is 0.571. The fourth-order valence-electron chi connectivity index (χ4n) is 3.94. The number of allylic oxidation sites excluding steroid dienone is 1. The number of piperidine rings is 1. The number of nitrogens with zero attached hydrogens (tertiary/aromatic N) is 1. The first-order valence-electron chi connectivity index (χ1n) is 10.6. The van der Waals surface area contributed by atoms with Gasteiger partial charge >= 0.3 is 0 Å². The fraction of sp³-hybridized carbons (Fsp3) is 0.346. The smallest absolute Gasteiger partial charge is 0.187 e. The Morgan fingerprint density at radius 3 is 2.33 bits per heavy atom. The van der Waals surface area contributed by atoms with Crippen LogP contribution < -0.4 is 5.48 Å². The topological polar surface area (TPSA) is 41.6 Å². The summed E-state index contributed by atoms with van der Waals surface area (Å²) in [6.45, 7) is 8.23. The van der Waals surface area contributed by atoms with E-state index in [0.717, 1.165) is 42.8 Å². The molecule has 1 fully saturated rings. The van der Waals surface area contributed by atoms with E-state index in [2.05, 4.69) is 49.4 Å². The monoisotopic (exact) mass is 402 g/mol. The van der Waals surface area contributed by atoms with Crippen molar-refractivity contribution in [1.82, 2.24) is 10.4 Å². The van der Waals surface area contributed by atoms with Crippen LogP contribution >= 0.6 is 0 Å². The third-order valence-corrected chi connectivity index (χ3v) is 5.97. The molecule has 4 nitrogen and oxygen atoms in total. The lowest BCUT2D eigenvalue weighted by Gasteiger charge is -2.36. The van der Waals surface area contributed by atoms with E-state index in [1.807, 2.05) is 48.7 Å². The Morgan fingerprint density at radius 1 is 1.03 bits per heavy atom. The molecule has 2 heterocycles. The van der Waals surface area contributed by atoms with Crippen LogP contribution in [0.15, 0.2) is 72.9 Å². The Balaban J connectivity index is 1.34. The van der Waals surface area contributed by atoms with Crippen LogP contribution in [-0.4, -0.2) is 29.4 Å². The first-order chi connectivity index (χ1) is 14.3. The maximum atomic E-state index is 12.5. The van der Waals surface area contributed by atoms with Crippen LogP contribution in [-0.2, 0) is 10.3 Å². The molecule has 2 aliphatic rings. The van der Waals surface area contributed by atoms with Crippen LogP contribution in [0.5, 0.6) is 0 Å². The van der Waals surface area contributed by atoms with Crippen molar-refractivity contribution in [3.8, 4) is 0 Å². The summed E-state index contributed by atoms with van der Waals surface area (Å²) in [4.78, 5) is 20.7. The van der Waals surface area contributed by atoms with E-state index in [9.17, 15) is 4.79 Å². The number of benzene rings is 2. The number of carbonyl (C=O) groups is 1. The second kappa shape index (κ2) is 8.11. The molecule has 1 spiro atoms. The summed E-state index contributed by atoms with van der Waals surface area (Å²) in [6.07, 6.45) is 7.59. The van der Waals surface area contributed by atoms with Crippen molar-refractivity contribution in [3.05, 3.63) is 89.6 Å². The minimum absolute atomic E-state index is 0.0424. The zero-order valence-corrected chi connectivity index (χ0v) is 18.0. The Hall–Kier alpha value is -2.85. The van der Waals surface area contributed by atoms with Gasteiger partial charge in [-0.15, -0.1) is 0 Å². The number of rotatable bonds is 4. The van der Waals surface area contributed by atoms with Crippen molar-refractivity contribution in [1.29, 1.82) is 0 Å². The molecule has 1 N–H and O–H groups in total. The molecule has 2 aromatic carbocycles. The lowest BCUT2D eigenvalue weighted by molar-refractivity contribution is -0.0639. The fourth-order valence-corrected chi connectivity index (χ4v) is 3.94. The number of hydrogen-bond acceptors (Lipinski definition) is 4. The second-order valence-corrected chi connectivity index (χ2v) is 9.24. The molecule has 2 aromatic rings. The minimum atomic E-state index is -0.262. The van der Waals surface area contributed by atoms with Crippen molar-refractivity contribution in [2.75, 3.05) is 13.1 Å². The van der Waals surface area contributed by atoms with Gasteiger partial charge in [-0.1, -0.05) is 75.4 Å². The van der Waals surface area contributed by atoms with E-state index >= 15 is 0 Å². The van der Waals surface area contributed by atoms with Gasteiger partial charge in [-0.05, 0) is 22.6 Å². The molecule has 156 valence electrons. The zero-order chi connectivity index (χ0) is 21.2. The van der Waals surface area contributed by atoms with Gasteiger partial charge in [-0.3, -0.25) is 15.1 Å².